The fourth-order valence-electron chi connectivity index (χ4n) is 4.35. The number of nitrogens with one attached hydrogen (secondary N) is 1. The molecule has 2 heterocycles. The van der Waals surface area contributed by atoms with Gasteiger partial charge in [0.25, 0.3) is 0 Å². The number of H-pyrrole nitrogens is 1. The van der Waals surface area contributed by atoms with E-state index >= 15 is 0 Å². The largest absolute Gasteiger partial charge is 0.481 e. The summed E-state index contributed by atoms with van der Waals surface area (Å²) >= 11 is 0. The number of likely N-dealkylation sites (tertiary alicyclic amines) is 1. The van der Waals surface area contributed by atoms with E-state index in [4.69, 9.17) is 0 Å². The van der Waals surface area contributed by atoms with Crippen LogP contribution >= 0.6 is 0 Å². The van der Waals surface area contributed by atoms with Crippen LogP contribution in [-0.4, -0.2) is 39.0 Å². The van der Waals surface area contributed by atoms with E-state index in [-0.39, 0.29) is 5.92 Å². The molecule has 128 valence electrons. The number of imidazole rings is 1. The minimum absolute atomic E-state index is 0.212. The molecule has 0 aromatic carbocycles. The highest BCUT2D eigenvalue weighted by atomic mass is 16.4. The molecule has 2 N–H and O–H groups in total. The van der Waals surface area contributed by atoms with Gasteiger partial charge in [0.15, 0.2) is 0 Å². The van der Waals surface area contributed by atoms with Gasteiger partial charge in [-0.2, -0.15) is 0 Å². The topological polar surface area (TPSA) is 69.2 Å². The number of rotatable bonds is 7. The van der Waals surface area contributed by atoms with Crippen LogP contribution in [0.15, 0.2) is 6.20 Å². The van der Waals surface area contributed by atoms with Crippen LogP contribution in [0.1, 0.15) is 57.0 Å². The second-order valence-electron chi connectivity index (χ2n) is 7.40. The summed E-state index contributed by atoms with van der Waals surface area (Å²) in [5, 5.41) is 9.41. The summed E-state index contributed by atoms with van der Waals surface area (Å²) in [6.45, 7) is 4.48. The van der Waals surface area contributed by atoms with E-state index < -0.39 is 5.97 Å². The lowest BCUT2D eigenvalue weighted by Gasteiger charge is -2.14. The molecular formula is C18H29N3O2. The van der Waals surface area contributed by atoms with Gasteiger partial charge in [0.2, 0.25) is 0 Å². The molecule has 1 aromatic heterocycles. The third-order valence-corrected chi connectivity index (χ3v) is 5.53. The minimum atomic E-state index is -0.641. The summed E-state index contributed by atoms with van der Waals surface area (Å²) in [5.74, 6) is 1.34. The van der Waals surface area contributed by atoms with Crippen LogP contribution in [0.2, 0.25) is 0 Å². The number of aromatic nitrogens is 2. The molecule has 0 bridgehead atoms. The molecule has 2 atom stereocenters. The van der Waals surface area contributed by atoms with E-state index in [1.807, 2.05) is 6.20 Å². The van der Waals surface area contributed by atoms with Crippen molar-refractivity contribution in [2.75, 3.05) is 13.1 Å². The molecule has 0 amide bonds. The maximum absolute atomic E-state index is 11.4. The third-order valence-electron chi connectivity index (χ3n) is 5.53. The summed E-state index contributed by atoms with van der Waals surface area (Å²) in [6, 6.07) is 0. The Labute approximate surface area is 138 Å². The standard InChI is InChI=1S/C18H29N3O2/c1-2-5-14-10-21(12-16(14)18(22)23)11-15-9-19-17(20-15)8-13-6-3-4-7-13/h9,13-14,16H,2-8,10-12H2,1H3,(H,19,20)(H,22,23)/t14-,16-/m1/s1. The predicted octanol–water partition coefficient (Wildman–Crippen LogP) is 3.08. The highest BCUT2D eigenvalue weighted by Crippen LogP contribution is 2.29. The van der Waals surface area contributed by atoms with Gasteiger partial charge in [-0.15, -0.1) is 0 Å². The van der Waals surface area contributed by atoms with Crippen LogP contribution in [0.25, 0.3) is 0 Å². The Bertz CT molecular complexity index is 522. The quantitative estimate of drug-likeness (QED) is 0.810. The zero-order valence-electron chi connectivity index (χ0n) is 14.1. The van der Waals surface area contributed by atoms with Crippen molar-refractivity contribution >= 4 is 5.97 Å². The third kappa shape index (κ3) is 4.14. The van der Waals surface area contributed by atoms with E-state index in [1.165, 1.54) is 25.7 Å². The van der Waals surface area contributed by atoms with Gasteiger partial charge in [0.05, 0.1) is 5.92 Å². The molecule has 1 aliphatic heterocycles. The number of hydrogen-bond acceptors (Lipinski definition) is 3. The Morgan fingerprint density at radius 1 is 1.39 bits per heavy atom. The number of aromatic amines is 1. The van der Waals surface area contributed by atoms with E-state index in [1.54, 1.807) is 0 Å². The summed E-state index contributed by atoms with van der Waals surface area (Å²) in [7, 11) is 0. The van der Waals surface area contributed by atoms with Gasteiger partial charge in [0, 0.05) is 37.9 Å². The molecule has 2 aliphatic rings. The highest BCUT2D eigenvalue weighted by molar-refractivity contribution is 5.71. The molecule has 2 fully saturated rings. The monoisotopic (exact) mass is 319 g/mol. The lowest BCUT2D eigenvalue weighted by molar-refractivity contribution is -0.142. The second-order valence-corrected chi connectivity index (χ2v) is 7.40. The van der Waals surface area contributed by atoms with Crippen molar-refractivity contribution < 1.29 is 9.90 Å². The molecular weight excluding hydrogens is 290 g/mol. The SMILES string of the molecule is CCC[C@@H]1CN(Cc2cnc(CC3CCCC3)[nH]2)C[C@H]1C(=O)O. The van der Waals surface area contributed by atoms with E-state index in [9.17, 15) is 9.90 Å². The van der Waals surface area contributed by atoms with Crippen molar-refractivity contribution in [2.24, 2.45) is 17.8 Å². The first-order valence-corrected chi connectivity index (χ1v) is 9.13. The number of carboxylic acids is 1. The first-order valence-electron chi connectivity index (χ1n) is 9.13. The fraction of sp³-hybridized carbons (Fsp3) is 0.778. The van der Waals surface area contributed by atoms with Gasteiger partial charge in [-0.1, -0.05) is 39.0 Å². The van der Waals surface area contributed by atoms with Gasteiger partial charge < -0.3 is 10.1 Å². The van der Waals surface area contributed by atoms with E-state index in [0.29, 0.717) is 12.5 Å². The zero-order valence-corrected chi connectivity index (χ0v) is 14.1. The summed E-state index contributed by atoms with van der Waals surface area (Å²) in [5.41, 5.74) is 1.12. The maximum atomic E-state index is 11.4. The van der Waals surface area contributed by atoms with Gasteiger partial charge in [-0.05, 0) is 18.3 Å². The Kier molecular flexibility index (Phi) is 5.36. The first-order chi connectivity index (χ1) is 11.2. The fourth-order valence-corrected chi connectivity index (χ4v) is 4.35. The van der Waals surface area contributed by atoms with Crippen molar-refractivity contribution in [2.45, 2.75) is 58.4 Å². The van der Waals surface area contributed by atoms with Crippen LogP contribution in [0.3, 0.4) is 0 Å². The van der Waals surface area contributed by atoms with Gasteiger partial charge in [-0.25, -0.2) is 4.98 Å². The number of nitrogens with zero attached hydrogens (tertiary/aromatic N) is 2. The molecule has 1 aliphatic carbocycles. The molecule has 0 spiro atoms. The van der Waals surface area contributed by atoms with Crippen molar-refractivity contribution in [1.82, 2.24) is 14.9 Å². The Morgan fingerprint density at radius 3 is 2.87 bits per heavy atom. The zero-order chi connectivity index (χ0) is 16.2. The number of carboxylic acid groups (broad SMARTS) is 1. The Morgan fingerprint density at radius 2 is 2.17 bits per heavy atom. The molecule has 1 aromatic rings. The number of hydrogen-bond donors (Lipinski definition) is 2. The van der Waals surface area contributed by atoms with Crippen molar-refractivity contribution in [3.05, 3.63) is 17.7 Å². The van der Waals surface area contributed by atoms with E-state index in [0.717, 1.165) is 49.8 Å². The van der Waals surface area contributed by atoms with Crippen LogP contribution in [0.5, 0.6) is 0 Å². The molecule has 0 unspecified atom stereocenters. The molecule has 3 rings (SSSR count). The van der Waals surface area contributed by atoms with Crippen LogP contribution < -0.4 is 0 Å². The lowest BCUT2D eigenvalue weighted by atomic mass is 9.92. The van der Waals surface area contributed by atoms with Gasteiger partial charge >= 0.3 is 5.97 Å². The lowest BCUT2D eigenvalue weighted by Crippen LogP contribution is -2.23. The molecule has 0 radical (unpaired) electrons. The molecule has 1 saturated carbocycles. The van der Waals surface area contributed by atoms with Crippen LogP contribution in [-0.2, 0) is 17.8 Å². The molecule has 23 heavy (non-hydrogen) atoms. The van der Waals surface area contributed by atoms with E-state index in [2.05, 4.69) is 21.8 Å². The number of carbonyl (C=O) groups is 1. The van der Waals surface area contributed by atoms with Crippen molar-refractivity contribution in [3.63, 3.8) is 0 Å². The molecule has 5 heteroatoms. The summed E-state index contributed by atoms with van der Waals surface area (Å²) < 4.78 is 0. The van der Waals surface area contributed by atoms with Crippen molar-refractivity contribution in [3.8, 4) is 0 Å². The Balaban J connectivity index is 1.55. The highest BCUT2D eigenvalue weighted by Gasteiger charge is 2.36. The van der Waals surface area contributed by atoms with Gasteiger partial charge in [-0.3, -0.25) is 9.69 Å². The Hall–Kier alpha value is -1.36. The first kappa shape index (κ1) is 16.5. The van der Waals surface area contributed by atoms with Crippen LogP contribution in [0, 0.1) is 17.8 Å². The predicted molar refractivity (Wildman–Crippen MR) is 89.1 cm³/mol. The van der Waals surface area contributed by atoms with Crippen molar-refractivity contribution in [1.29, 1.82) is 0 Å². The smallest absolute Gasteiger partial charge is 0.308 e. The normalized spacial score (nSPS) is 26.1. The molecule has 1 saturated heterocycles. The summed E-state index contributed by atoms with van der Waals surface area (Å²) in [4.78, 5) is 21.7. The minimum Gasteiger partial charge on any atom is -0.481 e. The average molecular weight is 319 g/mol. The van der Waals surface area contributed by atoms with Gasteiger partial charge in [0.1, 0.15) is 5.82 Å². The maximum Gasteiger partial charge on any atom is 0.308 e. The molecule has 5 nitrogen and oxygen atoms in total. The second kappa shape index (κ2) is 7.47. The number of aliphatic carboxylic acids is 1. The summed E-state index contributed by atoms with van der Waals surface area (Å²) in [6.07, 6.45) is 10.5. The average Bonchev–Trinajstić information content (AvgIpc) is 3.22. The van der Waals surface area contributed by atoms with Crippen LogP contribution in [0.4, 0.5) is 0 Å².